The van der Waals surface area contributed by atoms with Crippen LogP contribution in [0.2, 0.25) is 0 Å². The van der Waals surface area contributed by atoms with Crippen LogP contribution in [0, 0.1) is 34.5 Å². The number of ketones is 1. The van der Waals surface area contributed by atoms with Crippen molar-refractivity contribution >= 4 is 5.78 Å². The van der Waals surface area contributed by atoms with E-state index in [1.807, 2.05) is 0 Å². The predicted molar refractivity (Wildman–Crippen MR) is 91.3 cm³/mol. The Bertz CT molecular complexity index is 444. The number of Topliss-reactive ketones (excluding diaryl/α,β-unsaturated/α-hetero) is 1. The van der Waals surface area contributed by atoms with Crippen LogP contribution >= 0.6 is 0 Å². The average molecular weight is 299 g/mol. The highest BCUT2D eigenvalue weighted by Gasteiger charge is 2.59. The van der Waals surface area contributed by atoms with Crippen LogP contribution in [0.5, 0.6) is 0 Å². The van der Waals surface area contributed by atoms with Gasteiger partial charge in [-0.15, -0.1) is 0 Å². The summed E-state index contributed by atoms with van der Waals surface area (Å²) in [6.45, 7) is 4.92. The zero-order valence-electron chi connectivity index (χ0n) is 13.8. The van der Waals surface area contributed by atoms with Crippen LogP contribution in [0.15, 0.2) is 0 Å². The molecule has 126 valence electrons. The molecule has 2 heteroatoms. The van der Waals surface area contributed by atoms with Gasteiger partial charge in [0.2, 0.25) is 0 Å². The molecule has 0 aromatic rings. The number of hydrogen-bond acceptors (Lipinski definition) is 1. The third-order valence-electron chi connectivity index (χ3n) is 8.29. The summed E-state index contributed by atoms with van der Waals surface area (Å²) >= 11 is 0. The first-order chi connectivity index (χ1) is 9.56. The van der Waals surface area contributed by atoms with Gasteiger partial charge < -0.3 is 5.48 Å². The van der Waals surface area contributed by atoms with Gasteiger partial charge in [0.05, 0.1) is 0 Å². The van der Waals surface area contributed by atoms with E-state index in [0.29, 0.717) is 11.2 Å². The van der Waals surface area contributed by atoms with Crippen molar-refractivity contribution in [1.29, 1.82) is 0 Å². The van der Waals surface area contributed by atoms with Crippen molar-refractivity contribution in [1.82, 2.24) is 0 Å². The molecule has 4 saturated carbocycles. The van der Waals surface area contributed by atoms with Crippen LogP contribution in [0.25, 0.3) is 0 Å². The van der Waals surface area contributed by atoms with Gasteiger partial charge >= 0.3 is 0 Å². The molecule has 2 nitrogen and oxygen atoms in total. The highest BCUT2D eigenvalue weighted by atomic mass is 16.1. The highest BCUT2D eigenvalue weighted by molar-refractivity contribution is 5.87. The van der Waals surface area contributed by atoms with Crippen molar-refractivity contribution in [3.63, 3.8) is 0 Å². The van der Waals surface area contributed by atoms with Crippen molar-refractivity contribution in [3.05, 3.63) is 0 Å². The summed E-state index contributed by atoms with van der Waals surface area (Å²) in [4.78, 5) is 12.4. The first-order valence-corrected chi connectivity index (χ1v) is 9.09. The number of carbonyl (C=O) groups is 1. The molecule has 4 aliphatic rings. The minimum absolute atomic E-state index is 0. The molecular formula is C19H38O2. The Hall–Kier alpha value is -0.370. The van der Waals surface area contributed by atoms with Crippen LogP contribution in [0.4, 0.5) is 0 Å². The predicted octanol–water partition coefficient (Wildman–Crippen LogP) is 4.90. The van der Waals surface area contributed by atoms with Crippen molar-refractivity contribution in [2.45, 2.75) is 78.1 Å². The van der Waals surface area contributed by atoms with Crippen LogP contribution in [0.3, 0.4) is 0 Å². The van der Waals surface area contributed by atoms with Gasteiger partial charge in [-0.2, -0.15) is 0 Å². The lowest BCUT2D eigenvalue weighted by Gasteiger charge is -2.59. The highest BCUT2D eigenvalue weighted by Crippen LogP contribution is 2.65. The van der Waals surface area contributed by atoms with Crippen LogP contribution in [-0.4, -0.2) is 11.3 Å². The molecule has 0 aromatic carbocycles. The first-order valence-electron chi connectivity index (χ1n) is 9.09. The lowest BCUT2D eigenvalue weighted by molar-refractivity contribution is -0.138. The van der Waals surface area contributed by atoms with Gasteiger partial charge in [0.1, 0.15) is 5.78 Å². The van der Waals surface area contributed by atoms with Gasteiger partial charge in [-0.05, 0) is 74.0 Å². The number of fused-ring (bicyclic) bond motifs is 5. The molecule has 0 aliphatic heterocycles. The second-order valence-corrected chi connectivity index (χ2v) is 8.82. The van der Waals surface area contributed by atoms with E-state index < -0.39 is 0 Å². The summed E-state index contributed by atoms with van der Waals surface area (Å²) in [5, 5.41) is 0. The summed E-state index contributed by atoms with van der Waals surface area (Å²) in [6, 6.07) is 0. The van der Waals surface area contributed by atoms with Gasteiger partial charge in [-0.1, -0.05) is 26.7 Å². The molecule has 4 fully saturated rings. The zero-order chi connectivity index (χ0) is 14.0. The summed E-state index contributed by atoms with van der Waals surface area (Å²) in [5.41, 5.74) is 0.688. The molecule has 0 heterocycles. The molecular weight excluding hydrogens is 260 g/mol. The van der Waals surface area contributed by atoms with Gasteiger partial charge in [0, 0.05) is 16.1 Å². The Morgan fingerprint density at radius 3 is 2.57 bits per heavy atom. The minimum Gasteiger partial charge on any atom is -0.412 e. The Morgan fingerprint density at radius 2 is 1.76 bits per heavy atom. The molecule has 4 rings (SSSR count). The summed E-state index contributed by atoms with van der Waals surface area (Å²) in [6.07, 6.45) is 13.4. The van der Waals surface area contributed by atoms with Crippen LogP contribution < -0.4 is 0 Å². The molecule has 0 bridgehead atoms. The number of rotatable bonds is 0. The van der Waals surface area contributed by atoms with Crippen molar-refractivity contribution in [3.8, 4) is 0 Å². The van der Waals surface area contributed by atoms with Crippen LogP contribution in [0.1, 0.15) is 82.3 Å². The third-order valence-corrected chi connectivity index (χ3v) is 8.29. The molecule has 3 unspecified atom stereocenters. The minimum atomic E-state index is 0. The maximum absolute atomic E-state index is 12.4. The molecule has 21 heavy (non-hydrogen) atoms. The van der Waals surface area contributed by atoms with E-state index in [2.05, 4.69) is 13.8 Å². The second-order valence-electron chi connectivity index (χ2n) is 8.82. The maximum Gasteiger partial charge on any atom is 0.139 e. The molecule has 4 aliphatic carbocycles. The van der Waals surface area contributed by atoms with E-state index in [1.165, 1.54) is 57.8 Å². The molecule has 0 spiro atoms. The Balaban J connectivity index is 0.00000132. The van der Waals surface area contributed by atoms with E-state index >= 15 is 0 Å². The van der Waals surface area contributed by atoms with Gasteiger partial charge in [-0.25, -0.2) is 0 Å². The average Bonchev–Trinajstić information content (AvgIpc) is 2.74. The molecule has 0 radical (unpaired) electrons. The number of hydrogen-bond donors (Lipinski definition) is 0. The van der Waals surface area contributed by atoms with Gasteiger partial charge in [0.25, 0.3) is 0 Å². The quantitative estimate of drug-likeness (QED) is 0.627. The molecule has 6 atom stereocenters. The summed E-state index contributed by atoms with van der Waals surface area (Å²) < 4.78 is 0. The van der Waals surface area contributed by atoms with Crippen molar-refractivity contribution < 1.29 is 14.6 Å². The third kappa shape index (κ3) is 1.97. The summed E-state index contributed by atoms with van der Waals surface area (Å²) in [7, 11) is 0. The molecule has 0 aromatic heterocycles. The Morgan fingerprint density at radius 1 is 0.952 bits per heavy atom. The molecule has 2 N–H and O–H groups in total. The largest absolute Gasteiger partial charge is 0.412 e. The number of carbonyl (C=O) groups excluding carboxylic acids is 1. The molecule has 0 saturated heterocycles. The maximum atomic E-state index is 12.4. The van der Waals surface area contributed by atoms with Gasteiger partial charge in [0.15, 0.2) is 0 Å². The fourth-order valence-electron chi connectivity index (χ4n) is 7.07. The van der Waals surface area contributed by atoms with E-state index in [-0.39, 0.29) is 15.2 Å². The Kier molecular flexibility index (Phi) is 3.75. The second kappa shape index (κ2) is 5.08. The zero-order valence-corrected chi connectivity index (χ0v) is 13.8. The van der Waals surface area contributed by atoms with E-state index in [9.17, 15) is 4.79 Å². The normalized spacial score (nSPS) is 52.4. The lowest BCUT2D eigenvalue weighted by atomic mass is 9.45. The SMILES string of the molecule is C[C@]12CCCCC1CC[C@@H]1C2CC[C@]2(C)C(=O)CCC12.O.[HH].[HH].[HH]. The Labute approximate surface area is 133 Å². The standard InChI is InChI=1S/C19H30O.H2O.3H2/c1-18-11-4-3-5-13(18)6-7-14-15-8-9-17(20)19(15,2)12-10-16(14)18;;;;/h13-16H,3-12H2,1-2H3;1H2;3*1H/t13?,14-,15?,16?,18-,19-;;;;/m0..../s1. The van der Waals surface area contributed by atoms with E-state index in [1.54, 1.807) is 0 Å². The fraction of sp³-hybridized carbons (Fsp3) is 0.947. The van der Waals surface area contributed by atoms with Crippen molar-refractivity contribution in [2.24, 2.45) is 34.5 Å². The lowest BCUT2D eigenvalue weighted by Crippen LogP contribution is -2.52. The monoisotopic (exact) mass is 298 g/mol. The van der Waals surface area contributed by atoms with Crippen LogP contribution in [-0.2, 0) is 4.79 Å². The smallest absolute Gasteiger partial charge is 0.139 e. The summed E-state index contributed by atoms with van der Waals surface area (Å²) in [5.74, 6) is 4.13. The molecule has 0 amide bonds. The van der Waals surface area contributed by atoms with E-state index in [4.69, 9.17) is 0 Å². The van der Waals surface area contributed by atoms with Crippen molar-refractivity contribution in [2.75, 3.05) is 0 Å². The topological polar surface area (TPSA) is 48.6 Å². The van der Waals surface area contributed by atoms with Gasteiger partial charge in [-0.3, -0.25) is 4.79 Å². The first kappa shape index (κ1) is 15.5. The fourth-order valence-corrected chi connectivity index (χ4v) is 7.07. The van der Waals surface area contributed by atoms with E-state index in [0.717, 1.165) is 30.1 Å².